The molecule has 7 heteroatoms. The zero-order valence-electron chi connectivity index (χ0n) is 16.8. The minimum absolute atomic E-state index is 0.0279. The first-order valence-corrected chi connectivity index (χ1v) is 10.9. The Balaban J connectivity index is 1.37. The van der Waals surface area contributed by atoms with Gasteiger partial charge >= 0.3 is 0 Å². The average Bonchev–Trinajstić information content (AvgIpc) is 3.23. The zero-order valence-corrected chi connectivity index (χ0v) is 17.6. The molecule has 3 aliphatic rings. The Morgan fingerprint density at radius 2 is 2.14 bits per heavy atom. The summed E-state index contributed by atoms with van der Waals surface area (Å²) in [5.41, 5.74) is 11.1. The normalized spacial score (nSPS) is 26.3. The third-order valence-electron chi connectivity index (χ3n) is 6.06. The largest absolute Gasteiger partial charge is 0.384 e. The van der Waals surface area contributed by atoms with E-state index in [1.54, 1.807) is 4.90 Å². The van der Waals surface area contributed by atoms with Gasteiger partial charge in [-0.25, -0.2) is 4.39 Å². The summed E-state index contributed by atoms with van der Waals surface area (Å²) in [6.07, 6.45) is 0.452. The van der Waals surface area contributed by atoms with Crippen LogP contribution in [0.1, 0.15) is 42.6 Å². The van der Waals surface area contributed by atoms with Gasteiger partial charge in [-0.1, -0.05) is 29.5 Å². The van der Waals surface area contributed by atoms with Gasteiger partial charge in [0.15, 0.2) is 0 Å². The molecule has 2 heterocycles. The molecule has 1 aromatic carbocycles. The lowest BCUT2D eigenvalue weighted by atomic mass is 9.81. The van der Waals surface area contributed by atoms with Crippen molar-refractivity contribution >= 4 is 22.7 Å². The maximum atomic E-state index is 13.3. The Labute approximate surface area is 175 Å². The molecular formula is C22H27FN4OS. The molecule has 0 spiro atoms. The van der Waals surface area contributed by atoms with Crippen LogP contribution in [0.3, 0.4) is 0 Å². The molecule has 2 unspecified atom stereocenters. The summed E-state index contributed by atoms with van der Waals surface area (Å²) in [4.78, 5) is 15.2. The van der Waals surface area contributed by atoms with Gasteiger partial charge < -0.3 is 16.0 Å². The molecule has 0 bridgehead atoms. The lowest BCUT2D eigenvalue weighted by Gasteiger charge is -2.29. The first kappa shape index (κ1) is 20.2. The highest BCUT2D eigenvalue weighted by molar-refractivity contribution is 8.18. The van der Waals surface area contributed by atoms with Crippen LogP contribution < -0.4 is 11.1 Å². The van der Waals surface area contributed by atoms with Gasteiger partial charge in [-0.2, -0.15) is 0 Å². The summed E-state index contributed by atoms with van der Waals surface area (Å²) < 4.78 is 13.3. The van der Waals surface area contributed by atoms with Gasteiger partial charge in [0.05, 0.1) is 11.6 Å². The molecule has 2 fully saturated rings. The van der Waals surface area contributed by atoms with Gasteiger partial charge in [-0.05, 0) is 50.0 Å². The molecule has 1 aromatic rings. The second kappa shape index (κ2) is 7.95. The number of carbonyl (C=O) groups is 1. The van der Waals surface area contributed by atoms with Crippen molar-refractivity contribution in [3.63, 3.8) is 0 Å². The van der Waals surface area contributed by atoms with Gasteiger partial charge in [0, 0.05) is 41.2 Å². The number of allylic oxidation sites excluding steroid dienone is 2. The average molecular weight is 415 g/mol. The number of carbonyl (C=O) groups excluding carboxylic acids is 1. The number of likely N-dealkylation sites (tertiary alicyclic amines) is 1. The molecule has 4 N–H and O–H groups in total. The standard InChI is InChI=1S/C22H27FN4OS/c1-12(13(2)24)19-17-9-18(20(17)29-21(19)25)26-10-14-3-5-15(6-4-14)22(28)27-8-7-16(23)11-27/h3-6,13,16-17,25-26H,7-11,24H2,1-2H3/b19-12-,25-21?/t13?,16-,17?/m0/s1. The first-order chi connectivity index (χ1) is 13.8. The lowest BCUT2D eigenvalue weighted by Crippen LogP contribution is -2.29. The van der Waals surface area contributed by atoms with Crippen LogP contribution in [0.25, 0.3) is 0 Å². The van der Waals surface area contributed by atoms with Crippen molar-refractivity contribution in [3.05, 3.63) is 57.1 Å². The van der Waals surface area contributed by atoms with Crippen molar-refractivity contribution in [1.82, 2.24) is 10.2 Å². The minimum atomic E-state index is -0.898. The number of rotatable bonds is 5. The molecule has 2 saturated heterocycles. The second-order valence-electron chi connectivity index (χ2n) is 8.10. The van der Waals surface area contributed by atoms with E-state index < -0.39 is 6.17 Å². The molecule has 0 saturated carbocycles. The predicted octanol–water partition coefficient (Wildman–Crippen LogP) is 3.58. The lowest BCUT2D eigenvalue weighted by molar-refractivity contribution is 0.0783. The Morgan fingerprint density at radius 3 is 2.76 bits per heavy atom. The first-order valence-electron chi connectivity index (χ1n) is 10.1. The monoisotopic (exact) mass is 414 g/mol. The summed E-state index contributed by atoms with van der Waals surface area (Å²) in [5.74, 6) is 0.224. The van der Waals surface area contributed by atoms with E-state index in [0.717, 1.165) is 23.1 Å². The van der Waals surface area contributed by atoms with Crippen molar-refractivity contribution in [2.45, 2.75) is 45.4 Å². The Bertz CT molecular complexity index is 906. The predicted molar refractivity (Wildman–Crippen MR) is 115 cm³/mol. The van der Waals surface area contributed by atoms with E-state index in [0.29, 0.717) is 36.0 Å². The van der Waals surface area contributed by atoms with Crippen molar-refractivity contribution in [1.29, 1.82) is 5.41 Å². The Kier molecular flexibility index (Phi) is 5.53. The van der Waals surface area contributed by atoms with Crippen molar-refractivity contribution in [2.24, 2.45) is 11.7 Å². The number of hydrogen-bond donors (Lipinski definition) is 3. The van der Waals surface area contributed by atoms with Gasteiger partial charge in [-0.3, -0.25) is 10.2 Å². The van der Waals surface area contributed by atoms with Gasteiger partial charge in [0.1, 0.15) is 6.17 Å². The van der Waals surface area contributed by atoms with E-state index in [-0.39, 0.29) is 18.5 Å². The molecule has 0 aromatic heterocycles. The zero-order chi connectivity index (χ0) is 20.7. The molecule has 1 aliphatic carbocycles. The van der Waals surface area contributed by atoms with Crippen molar-refractivity contribution in [2.75, 3.05) is 13.1 Å². The van der Waals surface area contributed by atoms with E-state index >= 15 is 0 Å². The van der Waals surface area contributed by atoms with E-state index in [9.17, 15) is 9.18 Å². The molecule has 0 radical (unpaired) electrons. The van der Waals surface area contributed by atoms with Crippen LogP contribution in [0.5, 0.6) is 0 Å². The van der Waals surface area contributed by atoms with Gasteiger partial charge in [0.25, 0.3) is 5.91 Å². The number of halogens is 1. The van der Waals surface area contributed by atoms with Gasteiger partial charge in [-0.15, -0.1) is 0 Å². The minimum Gasteiger partial charge on any atom is -0.384 e. The van der Waals surface area contributed by atoms with Crippen LogP contribution in [-0.2, 0) is 6.54 Å². The topological polar surface area (TPSA) is 82.2 Å². The number of nitrogens with one attached hydrogen (secondary N) is 2. The maximum absolute atomic E-state index is 13.3. The number of nitrogens with two attached hydrogens (primary N) is 1. The number of amides is 1. The number of thioether (sulfide) groups is 1. The summed E-state index contributed by atoms with van der Waals surface area (Å²) in [7, 11) is 0. The van der Waals surface area contributed by atoms with Crippen LogP contribution in [0.2, 0.25) is 0 Å². The number of nitrogens with zero attached hydrogens (tertiary/aromatic N) is 1. The molecule has 154 valence electrons. The van der Waals surface area contributed by atoms with E-state index in [4.69, 9.17) is 11.1 Å². The van der Waals surface area contributed by atoms with E-state index in [1.807, 2.05) is 38.1 Å². The smallest absolute Gasteiger partial charge is 0.253 e. The van der Waals surface area contributed by atoms with Crippen molar-refractivity contribution in [3.8, 4) is 0 Å². The molecule has 29 heavy (non-hydrogen) atoms. The van der Waals surface area contributed by atoms with Gasteiger partial charge in [0.2, 0.25) is 0 Å². The van der Waals surface area contributed by atoms with Crippen LogP contribution in [0.15, 0.2) is 46.0 Å². The highest BCUT2D eigenvalue weighted by atomic mass is 32.2. The van der Waals surface area contributed by atoms with E-state index in [1.165, 1.54) is 22.4 Å². The molecule has 2 aliphatic heterocycles. The molecule has 1 amide bonds. The summed E-state index contributed by atoms with van der Waals surface area (Å²) in [6, 6.07) is 7.50. The van der Waals surface area contributed by atoms with Crippen LogP contribution in [-0.4, -0.2) is 41.2 Å². The summed E-state index contributed by atoms with van der Waals surface area (Å²) >= 11 is 1.54. The molecular weight excluding hydrogens is 387 g/mol. The van der Waals surface area contributed by atoms with Crippen LogP contribution in [0.4, 0.5) is 4.39 Å². The second-order valence-corrected chi connectivity index (χ2v) is 9.16. The van der Waals surface area contributed by atoms with Crippen LogP contribution in [0, 0.1) is 11.3 Å². The maximum Gasteiger partial charge on any atom is 0.253 e. The van der Waals surface area contributed by atoms with Crippen molar-refractivity contribution < 1.29 is 9.18 Å². The van der Waals surface area contributed by atoms with Crippen LogP contribution >= 0.6 is 11.8 Å². The number of benzene rings is 1. The Morgan fingerprint density at radius 1 is 1.41 bits per heavy atom. The highest BCUT2D eigenvalue weighted by Gasteiger charge is 2.42. The number of alkyl halides is 1. The fraction of sp³-hybridized carbons (Fsp3) is 0.455. The fourth-order valence-corrected chi connectivity index (χ4v) is 5.34. The van der Waals surface area contributed by atoms with E-state index in [2.05, 4.69) is 5.32 Å². The summed E-state index contributed by atoms with van der Waals surface area (Å²) in [6.45, 7) is 5.37. The molecule has 3 atom stereocenters. The number of fused-ring (bicyclic) bond motifs is 1. The third kappa shape index (κ3) is 3.85. The number of hydrogen-bond acceptors (Lipinski definition) is 5. The Hall–Kier alpha value is -2.12. The quantitative estimate of drug-likeness (QED) is 0.688. The summed E-state index contributed by atoms with van der Waals surface area (Å²) in [5, 5.41) is 12.4. The third-order valence-corrected chi connectivity index (χ3v) is 7.23. The SMILES string of the molecule is C/C(=C1/C(=N)SC2=C(NCc3ccc(C(=O)N4CC[C@H](F)C4)cc3)CC21)C(C)N. The highest BCUT2D eigenvalue weighted by Crippen LogP contribution is 2.54. The fourth-order valence-electron chi connectivity index (χ4n) is 4.08. The molecule has 5 nitrogen and oxygen atoms in total. The molecule has 4 rings (SSSR count).